The zero-order chi connectivity index (χ0) is 17.8. The molecule has 1 saturated heterocycles. The molecule has 0 bridgehead atoms. The van der Waals surface area contributed by atoms with E-state index in [4.69, 9.17) is 4.74 Å². The molecule has 2 heterocycles. The summed E-state index contributed by atoms with van der Waals surface area (Å²) < 4.78 is 4.99. The van der Waals surface area contributed by atoms with Gasteiger partial charge in [-0.05, 0) is 50.5 Å². The number of ether oxygens (including phenoxy) is 1. The Kier molecular flexibility index (Phi) is 4.98. The minimum absolute atomic E-state index is 0.104. The number of carbonyl (C=O) groups excluding carboxylic acids is 2. The maximum absolute atomic E-state index is 12.4. The minimum Gasteiger partial charge on any atom is -0.462 e. The van der Waals surface area contributed by atoms with E-state index in [9.17, 15) is 14.9 Å². The summed E-state index contributed by atoms with van der Waals surface area (Å²) in [6.07, 6.45) is 3.59. The molecule has 1 aromatic carbocycles. The first-order chi connectivity index (χ1) is 12.2. The lowest BCUT2D eigenvalue weighted by atomic mass is 10.1. The van der Waals surface area contributed by atoms with Gasteiger partial charge in [-0.25, -0.2) is 9.80 Å². The van der Waals surface area contributed by atoms with Crippen LogP contribution < -0.4 is 5.01 Å². The monoisotopic (exact) mass is 340 g/mol. The first kappa shape index (κ1) is 17.0. The van der Waals surface area contributed by atoms with Crippen molar-refractivity contribution in [3.63, 3.8) is 0 Å². The van der Waals surface area contributed by atoms with Crippen molar-refractivity contribution in [2.24, 2.45) is 5.10 Å². The van der Waals surface area contributed by atoms with Crippen molar-refractivity contribution < 1.29 is 14.3 Å². The van der Waals surface area contributed by atoms with Crippen LogP contribution in [-0.2, 0) is 9.53 Å². The number of hydrogen-bond donors (Lipinski definition) is 0. The van der Waals surface area contributed by atoms with Crippen LogP contribution in [0.2, 0.25) is 0 Å². The Morgan fingerprint density at radius 3 is 2.76 bits per heavy atom. The van der Waals surface area contributed by atoms with Crippen molar-refractivity contribution in [2.75, 3.05) is 18.2 Å². The van der Waals surface area contributed by atoms with E-state index in [0.29, 0.717) is 18.7 Å². The first-order valence-corrected chi connectivity index (χ1v) is 8.51. The summed E-state index contributed by atoms with van der Waals surface area (Å²) in [6, 6.07) is 8.78. The third kappa shape index (κ3) is 3.33. The highest BCUT2D eigenvalue weighted by Crippen LogP contribution is 2.29. The number of hydrazone groups is 1. The van der Waals surface area contributed by atoms with E-state index < -0.39 is 0 Å². The fraction of sp³-hybridized carbons (Fsp3) is 0.444. The molecule has 1 fully saturated rings. The number of anilines is 1. The van der Waals surface area contributed by atoms with Crippen molar-refractivity contribution in [3.05, 3.63) is 29.8 Å². The van der Waals surface area contributed by atoms with Crippen LogP contribution in [0, 0.1) is 11.3 Å². The fourth-order valence-corrected chi connectivity index (χ4v) is 3.20. The number of esters is 1. The Morgan fingerprint density at radius 2 is 2.08 bits per heavy atom. The SMILES string of the molecule is CCOC(=O)c1ccc(N2N=C(C#N)C(=O)N3CCCCCC32)cc1. The molecule has 0 saturated carbocycles. The maximum Gasteiger partial charge on any atom is 0.338 e. The second-order valence-electron chi connectivity index (χ2n) is 6.00. The van der Waals surface area contributed by atoms with Crippen LogP contribution in [0.5, 0.6) is 0 Å². The standard InChI is InChI=1S/C18H20N4O3/c1-2-25-18(24)13-7-9-14(10-8-13)22-16-6-4-3-5-11-21(16)17(23)15(12-19)20-22/h7-10,16H,2-6,11H2,1H3. The average Bonchev–Trinajstić information content (AvgIpc) is 2.89. The van der Waals surface area contributed by atoms with Gasteiger partial charge in [0.1, 0.15) is 12.2 Å². The molecular weight excluding hydrogens is 320 g/mol. The number of hydrogen-bond acceptors (Lipinski definition) is 6. The highest BCUT2D eigenvalue weighted by atomic mass is 16.5. The van der Waals surface area contributed by atoms with Crippen LogP contribution >= 0.6 is 0 Å². The molecule has 0 aliphatic carbocycles. The van der Waals surface area contributed by atoms with Crippen molar-refractivity contribution >= 4 is 23.3 Å². The van der Waals surface area contributed by atoms with Gasteiger partial charge in [0.05, 0.1) is 17.9 Å². The van der Waals surface area contributed by atoms with E-state index in [2.05, 4.69) is 5.10 Å². The van der Waals surface area contributed by atoms with E-state index in [1.54, 1.807) is 41.1 Å². The summed E-state index contributed by atoms with van der Waals surface area (Å²) >= 11 is 0. The molecular formula is C18H20N4O3. The Hall–Kier alpha value is -2.88. The Labute approximate surface area is 146 Å². The first-order valence-electron chi connectivity index (χ1n) is 8.51. The van der Waals surface area contributed by atoms with E-state index in [1.807, 2.05) is 6.07 Å². The van der Waals surface area contributed by atoms with Gasteiger partial charge in [-0.15, -0.1) is 0 Å². The highest BCUT2D eigenvalue weighted by Gasteiger charge is 2.37. The normalized spacial score (nSPS) is 20.2. The van der Waals surface area contributed by atoms with Gasteiger partial charge >= 0.3 is 5.97 Å². The molecule has 2 aliphatic rings. The van der Waals surface area contributed by atoms with E-state index in [0.717, 1.165) is 31.4 Å². The van der Waals surface area contributed by atoms with Crippen LogP contribution in [0.1, 0.15) is 43.0 Å². The third-order valence-corrected chi connectivity index (χ3v) is 4.42. The number of carbonyl (C=O) groups is 2. The summed E-state index contributed by atoms with van der Waals surface area (Å²) in [5.41, 5.74) is 1.10. The van der Waals surface area contributed by atoms with Crippen LogP contribution in [0.3, 0.4) is 0 Å². The zero-order valence-electron chi connectivity index (χ0n) is 14.1. The predicted molar refractivity (Wildman–Crippen MR) is 91.9 cm³/mol. The fourth-order valence-electron chi connectivity index (χ4n) is 3.20. The van der Waals surface area contributed by atoms with Crippen LogP contribution in [0.15, 0.2) is 29.4 Å². The van der Waals surface area contributed by atoms with Gasteiger partial charge in [-0.1, -0.05) is 6.42 Å². The van der Waals surface area contributed by atoms with Crippen LogP contribution in [-0.4, -0.2) is 41.8 Å². The summed E-state index contributed by atoms with van der Waals surface area (Å²) in [7, 11) is 0. The molecule has 3 rings (SSSR count). The molecule has 1 amide bonds. The van der Waals surface area contributed by atoms with E-state index in [1.165, 1.54) is 0 Å². The number of amides is 1. The number of benzene rings is 1. The van der Waals surface area contributed by atoms with E-state index in [-0.39, 0.29) is 23.8 Å². The largest absolute Gasteiger partial charge is 0.462 e. The van der Waals surface area contributed by atoms with Gasteiger partial charge in [0, 0.05) is 6.54 Å². The van der Waals surface area contributed by atoms with Crippen LogP contribution in [0.25, 0.3) is 0 Å². The molecule has 1 aromatic rings. The molecule has 2 aliphatic heterocycles. The molecule has 7 nitrogen and oxygen atoms in total. The Balaban J connectivity index is 1.93. The lowest BCUT2D eigenvalue weighted by Gasteiger charge is -2.40. The van der Waals surface area contributed by atoms with Crippen molar-refractivity contribution in [2.45, 2.75) is 38.8 Å². The van der Waals surface area contributed by atoms with Crippen LogP contribution in [0.4, 0.5) is 5.69 Å². The maximum atomic E-state index is 12.4. The lowest BCUT2D eigenvalue weighted by molar-refractivity contribution is -0.126. The van der Waals surface area contributed by atoms with Gasteiger partial charge in [0.25, 0.3) is 5.91 Å². The number of rotatable bonds is 3. The smallest absolute Gasteiger partial charge is 0.338 e. The molecule has 0 spiro atoms. The lowest BCUT2D eigenvalue weighted by Crippen LogP contribution is -2.55. The van der Waals surface area contributed by atoms with Crippen molar-refractivity contribution in [3.8, 4) is 6.07 Å². The molecule has 0 N–H and O–H groups in total. The molecule has 130 valence electrons. The topological polar surface area (TPSA) is 86.0 Å². The van der Waals surface area contributed by atoms with Gasteiger partial charge in [-0.2, -0.15) is 10.4 Å². The molecule has 1 atom stereocenters. The number of fused-ring (bicyclic) bond motifs is 1. The van der Waals surface area contributed by atoms with Gasteiger partial charge in [-0.3, -0.25) is 4.79 Å². The molecule has 1 unspecified atom stereocenters. The summed E-state index contributed by atoms with van der Waals surface area (Å²) in [6.45, 7) is 2.71. The molecule has 0 radical (unpaired) electrons. The number of nitrogens with zero attached hydrogens (tertiary/aromatic N) is 4. The second-order valence-corrected chi connectivity index (χ2v) is 6.00. The highest BCUT2D eigenvalue weighted by molar-refractivity contribution is 6.45. The quantitative estimate of drug-likeness (QED) is 0.788. The average molecular weight is 340 g/mol. The Bertz CT molecular complexity index is 736. The molecule has 25 heavy (non-hydrogen) atoms. The van der Waals surface area contributed by atoms with Gasteiger partial charge < -0.3 is 9.64 Å². The van der Waals surface area contributed by atoms with E-state index >= 15 is 0 Å². The molecule has 7 heteroatoms. The van der Waals surface area contributed by atoms with Gasteiger partial charge in [0.15, 0.2) is 0 Å². The van der Waals surface area contributed by atoms with Gasteiger partial charge in [0.2, 0.25) is 5.71 Å². The number of nitriles is 1. The summed E-state index contributed by atoms with van der Waals surface area (Å²) in [5.74, 6) is -0.672. The third-order valence-electron chi connectivity index (χ3n) is 4.42. The summed E-state index contributed by atoms with van der Waals surface area (Å²) in [5, 5.41) is 15.2. The van der Waals surface area contributed by atoms with Crippen molar-refractivity contribution in [1.82, 2.24) is 4.90 Å². The predicted octanol–water partition coefficient (Wildman–Crippen LogP) is 2.29. The van der Waals surface area contributed by atoms with Crippen molar-refractivity contribution in [1.29, 1.82) is 5.26 Å². The minimum atomic E-state index is -0.375. The second kappa shape index (κ2) is 7.34. The summed E-state index contributed by atoms with van der Waals surface area (Å²) in [4.78, 5) is 25.9. The zero-order valence-corrected chi connectivity index (χ0v) is 14.1. The molecule has 0 aromatic heterocycles. The Morgan fingerprint density at radius 1 is 1.32 bits per heavy atom.